The smallest absolute Gasteiger partial charge is 0.265 e. The van der Waals surface area contributed by atoms with E-state index in [1.165, 1.54) is 31.5 Å². The zero-order valence-electron chi connectivity index (χ0n) is 17.7. The van der Waals surface area contributed by atoms with Gasteiger partial charge in [-0.25, -0.2) is 31.0 Å². The van der Waals surface area contributed by atoms with Crippen LogP contribution in [-0.2, 0) is 14.8 Å². The van der Waals surface area contributed by atoms with Gasteiger partial charge in [-0.1, -0.05) is 0 Å². The Hall–Kier alpha value is -4.26. The second kappa shape index (κ2) is 9.18. The normalized spacial score (nSPS) is 11.3. The molecule has 4 aromatic rings. The van der Waals surface area contributed by atoms with Crippen LogP contribution in [0.1, 0.15) is 6.92 Å². The van der Waals surface area contributed by atoms with Gasteiger partial charge < -0.3 is 5.32 Å². The summed E-state index contributed by atoms with van der Waals surface area (Å²) in [5, 5.41) is 8.88. The monoisotopic (exact) mass is 505 g/mol. The Bertz CT molecular complexity index is 1560. The Balaban J connectivity index is 1.78. The van der Waals surface area contributed by atoms with Crippen LogP contribution in [0.4, 0.5) is 29.1 Å². The van der Waals surface area contributed by atoms with Crippen molar-refractivity contribution < 1.29 is 30.8 Å². The van der Waals surface area contributed by atoms with E-state index in [9.17, 15) is 26.4 Å². The molecule has 0 unspecified atom stereocenters. The van der Waals surface area contributed by atoms with E-state index >= 15 is 4.39 Å². The minimum atomic E-state index is -4.77. The molecule has 0 aliphatic carbocycles. The van der Waals surface area contributed by atoms with Crippen molar-refractivity contribution in [3.63, 3.8) is 0 Å². The Morgan fingerprint density at radius 3 is 2.49 bits per heavy atom. The fraction of sp³-hybridized carbons (Fsp3) is 0.0455. The number of aromatic nitrogens is 3. The molecule has 2 aromatic heterocycles. The van der Waals surface area contributed by atoms with Crippen LogP contribution in [0.25, 0.3) is 22.4 Å². The molecule has 0 radical (unpaired) electrons. The van der Waals surface area contributed by atoms with Gasteiger partial charge in [-0.05, 0) is 48.0 Å². The third kappa shape index (κ3) is 4.84. The summed E-state index contributed by atoms with van der Waals surface area (Å²) < 4.78 is 84.6. The number of halogens is 4. The summed E-state index contributed by atoms with van der Waals surface area (Å²) in [7, 11) is -4.77. The molecule has 0 saturated carbocycles. The maximum Gasteiger partial charge on any atom is 0.265 e. The third-order valence-electron chi connectivity index (χ3n) is 4.77. The van der Waals surface area contributed by atoms with Crippen LogP contribution < -0.4 is 10.0 Å². The van der Waals surface area contributed by atoms with Gasteiger partial charge in [-0.2, -0.15) is 5.10 Å². The number of anilines is 2. The number of pyridine rings is 1. The van der Waals surface area contributed by atoms with Crippen molar-refractivity contribution in [3.8, 4) is 22.4 Å². The van der Waals surface area contributed by atoms with E-state index in [0.717, 1.165) is 18.2 Å². The van der Waals surface area contributed by atoms with Crippen LogP contribution in [0, 0.1) is 23.3 Å². The number of aromatic amines is 1. The minimum absolute atomic E-state index is 0.182. The van der Waals surface area contributed by atoms with Crippen molar-refractivity contribution in [2.45, 2.75) is 11.8 Å². The largest absolute Gasteiger partial charge is 0.311 e. The number of nitrogens with zero attached hydrogens (tertiary/aromatic N) is 2. The van der Waals surface area contributed by atoms with Crippen LogP contribution in [0.15, 0.2) is 59.8 Å². The Morgan fingerprint density at radius 2 is 1.74 bits per heavy atom. The molecule has 13 heteroatoms. The van der Waals surface area contributed by atoms with E-state index in [2.05, 4.69) is 20.5 Å². The highest BCUT2D eigenvalue weighted by atomic mass is 32.2. The lowest BCUT2D eigenvalue weighted by Gasteiger charge is -2.13. The van der Waals surface area contributed by atoms with Gasteiger partial charge in [0.15, 0.2) is 5.82 Å². The lowest BCUT2D eigenvalue weighted by molar-refractivity contribution is -0.114. The van der Waals surface area contributed by atoms with Crippen LogP contribution in [-0.4, -0.2) is 29.5 Å². The van der Waals surface area contributed by atoms with E-state index in [1.807, 2.05) is 4.72 Å². The Morgan fingerprint density at radius 1 is 1.00 bits per heavy atom. The average Bonchev–Trinajstić information content (AvgIpc) is 3.26. The molecule has 2 heterocycles. The van der Waals surface area contributed by atoms with Gasteiger partial charge in [-0.15, -0.1) is 0 Å². The van der Waals surface area contributed by atoms with Crippen molar-refractivity contribution in [1.29, 1.82) is 0 Å². The maximum atomic E-state index is 15.4. The molecule has 0 aliphatic rings. The fourth-order valence-corrected chi connectivity index (χ4v) is 4.43. The highest BCUT2D eigenvalue weighted by Gasteiger charge is 2.26. The highest BCUT2D eigenvalue weighted by Crippen LogP contribution is 2.37. The molecule has 0 fully saturated rings. The van der Waals surface area contributed by atoms with E-state index in [1.54, 1.807) is 0 Å². The first kappa shape index (κ1) is 23.9. The van der Waals surface area contributed by atoms with Crippen molar-refractivity contribution in [2.75, 3.05) is 10.0 Å². The summed E-state index contributed by atoms with van der Waals surface area (Å²) in [6.07, 6.45) is 2.71. The van der Waals surface area contributed by atoms with Crippen LogP contribution in [0.3, 0.4) is 0 Å². The molecule has 0 bridgehead atoms. The second-order valence-electron chi connectivity index (χ2n) is 7.22. The van der Waals surface area contributed by atoms with E-state index < -0.39 is 49.4 Å². The number of carbonyl (C=O) groups is 1. The molecular formula is C22H15F4N5O3S. The summed E-state index contributed by atoms with van der Waals surface area (Å²) in [4.78, 5) is 14.2. The predicted molar refractivity (Wildman–Crippen MR) is 119 cm³/mol. The van der Waals surface area contributed by atoms with E-state index in [0.29, 0.717) is 17.7 Å². The van der Waals surface area contributed by atoms with Gasteiger partial charge in [0.1, 0.15) is 33.9 Å². The van der Waals surface area contributed by atoms with Gasteiger partial charge in [0.05, 0.1) is 11.3 Å². The molecule has 180 valence electrons. The lowest BCUT2D eigenvalue weighted by Crippen LogP contribution is -2.16. The molecule has 4 rings (SSSR count). The fourth-order valence-electron chi connectivity index (χ4n) is 3.28. The molecule has 3 N–H and O–H groups in total. The van der Waals surface area contributed by atoms with Crippen molar-refractivity contribution in [2.24, 2.45) is 0 Å². The molecular weight excluding hydrogens is 490 g/mol. The zero-order valence-corrected chi connectivity index (χ0v) is 18.6. The van der Waals surface area contributed by atoms with E-state index in [-0.39, 0.29) is 23.0 Å². The number of amides is 1. The first-order valence-electron chi connectivity index (χ1n) is 9.81. The maximum absolute atomic E-state index is 15.4. The number of H-pyrrole nitrogens is 1. The molecule has 0 aliphatic heterocycles. The summed E-state index contributed by atoms with van der Waals surface area (Å²) in [6.45, 7) is 1.28. The van der Waals surface area contributed by atoms with Gasteiger partial charge in [-0.3, -0.25) is 14.6 Å². The molecule has 0 saturated heterocycles. The number of nitrogens with one attached hydrogen (secondary N) is 3. The summed E-state index contributed by atoms with van der Waals surface area (Å²) in [5.74, 6) is -4.88. The van der Waals surface area contributed by atoms with Gasteiger partial charge in [0, 0.05) is 24.9 Å². The first-order chi connectivity index (χ1) is 16.6. The SMILES string of the molecule is CC(=O)Nc1cc(-c2c[nH]nc2-c2c(F)ccc(NS(=O)(=O)c3cc(F)ccc3F)c2F)ccn1. The molecule has 0 atom stereocenters. The van der Waals surface area contributed by atoms with Crippen molar-refractivity contribution in [1.82, 2.24) is 15.2 Å². The number of benzene rings is 2. The third-order valence-corrected chi connectivity index (χ3v) is 6.15. The van der Waals surface area contributed by atoms with Gasteiger partial charge in [0.2, 0.25) is 5.91 Å². The molecule has 1 amide bonds. The van der Waals surface area contributed by atoms with Crippen molar-refractivity contribution in [3.05, 3.63) is 78.1 Å². The summed E-state index contributed by atoms with van der Waals surface area (Å²) in [6, 6.07) is 6.32. The number of carbonyl (C=O) groups excluding carboxylic acids is 1. The van der Waals surface area contributed by atoms with Crippen LogP contribution in [0.5, 0.6) is 0 Å². The van der Waals surface area contributed by atoms with E-state index in [4.69, 9.17) is 0 Å². The van der Waals surface area contributed by atoms with Crippen LogP contribution in [0.2, 0.25) is 0 Å². The lowest BCUT2D eigenvalue weighted by atomic mass is 10.0. The number of sulfonamides is 1. The van der Waals surface area contributed by atoms with Crippen LogP contribution >= 0.6 is 0 Å². The van der Waals surface area contributed by atoms with Gasteiger partial charge in [0.25, 0.3) is 10.0 Å². The molecule has 35 heavy (non-hydrogen) atoms. The molecule has 0 spiro atoms. The highest BCUT2D eigenvalue weighted by molar-refractivity contribution is 7.92. The van der Waals surface area contributed by atoms with Crippen molar-refractivity contribution >= 4 is 27.4 Å². The number of hydrogen-bond donors (Lipinski definition) is 3. The van der Waals surface area contributed by atoms with Gasteiger partial charge >= 0.3 is 0 Å². The molecule has 2 aromatic carbocycles. The topological polar surface area (TPSA) is 117 Å². The average molecular weight is 505 g/mol. The summed E-state index contributed by atoms with van der Waals surface area (Å²) in [5.41, 5.74) is -1.00. The number of hydrogen-bond acceptors (Lipinski definition) is 5. The minimum Gasteiger partial charge on any atom is -0.311 e. The number of rotatable bonds is 6. The Labute approximate surface area is 196 Å². The summed E-state index contributed by atoms with van der Waals surface area (Å²) >= 11 is 0. The quantitative estimate of drug-likeness (QED) is 0.335. The predicted octanol–water partition coefficient (Wildman–Crippen LogP) is 4.45. The zero-order chi connectivity index (χ0) is 25.3. The first-order valence-corrected chi connectivity index (χ1v) is 11.3. The Kier molecular flexibility index (Phi) is 6.26. The molecule has 8 nitrogen and oxygen atoms in total. The second-order valence-corrected chi connectivity index (χ2v) is 8.87. The standard InChI is InChI=1S/C22H15F4N5O3S/c1-11(32)29-19-8-12(6-7-27-19)14-10-28-30-22(14)20-16(25)4-5-17(21(20)26)31-35(33,34)18-9-13(23)2-3-15(18)24/h2-10,31H,1H3,(H,28,30)(H,27,29,32).